The van der Waals surface area contributed by atoms with Gasteiger partial charge in [-0.3, -0.25) is 9.69 Å². The summed E-state index contributed by atoms with van der Waals surface area (Å²) < 4.78 is 10.3. The Balaban J connectivity index is 1.64. The highest BCUT2D eigenvalue weighted by atomic mass is 32.1. The number of piperazine rings is 1. The van der Waals surface area contributed by atoms with Crippen molar-refractivity contribution in [3.63, 3.8) is 0 Å². The van der Waals surface area contributed by atoms with Crippen LogP contribution in [0, 0.1) is 0 Å². The summed E-state index contributed by atoms with van der Waals surface area (Å²) in [6.45, 7) is 3.54. The van der Waals surface area contributed by atoms with Gasteiger partial charge in [-0.2, -0.15) is 0 Å². The van der Waals surface area contributed by atoms with E-state index in [9.17, 15) is 9.90 Å². The third kappa shape index (κ3) is 4.49. The fourth-order valence-corrected chi connectivity index (χ4v) is 4.14. The minimum atomic E-state index is 0.0678. The Kier molecular flexibility index (Phi) is 6.25. The number of aliphatic hydroxyl groups is 1. The van der Waals surface area contributed by atoms with E-state index in [0.29, 0.717) is 26.1 Å². The summed E-state index contributed by atoms with van der Waals surface area (Å²) in [6.07, 6.45) is 4.07. The van der Waals surface area contributed by atoms with E-state index in [0.717, 1.165) is 28.4 Å². The van der Waals surface area contributed by atoms with Gasteiger partial charge in [-0.15, -0.1) is 11.3 Å². The van der Waals surface area contributed by atoms with Crippen molar-refractivity contribution < 1.29 is 19.1 Å². The van der Waals surface area contributed by atoms with Gasteiger partial charge in [-0.1, -0.05) is 0 Å². The summed E-state index contributed by atoms with van der Waals surface area (Å²) in [5, 5.41) is 9.41. The second kappa shape index (κ2) is 8.62. The summed E-state index contributed by atoms with van der Waals surface area (Å²) in [7, 11) is 1.65. The Hall–Kier alpha value is -1.67. The van der Waals surface area contributed by atoms with Crippen LogP contribution in [0.1, 0.15) is 26.5 Å². The second-order valence-electron chi connectivity index (χ2n) is 6.22. The molecule has 2 aromatic rings. The van der Waals surface area contributed by atoms with Gasteiger partial charge >= 0.3 is 0 Å². The van der Waals surface area contributed by atoms with E-state index < -0.39 is 0 Å². The lowest BCUT2D eigenvalue weighted by atomic mass is 10.1. The zero-order valence-corrected chi connectivity index (χ0v) is 15.2. The van der Waals surface area contributed by atoms with Gasteiger partial charge in [-0.25, -0.2) is 0 Å². The van der Waals surface area contributed by atoms with Crippen molar-refractivity contribution in [2.75, 3.05) is 33.4 Å². The fourth-order valence-electron chi connectivity index (χ4n) is 3.19. The molecule has 25 heavy (non-hydrogen) atoms. The Morgan fingerprint density at radius 2 is 2.28 bits per heavy atom. The molecule has 0 aliphatic carbocycles. The molecular formula is C18H24N2O4S. The summed E-state index contributed by atoms with van der Waals surface area (Å²) in [6, 6.07) is 5.93. The number of rotatable bonds is 7. The van der Waals surface area contributed by atoms with E-state index in [-0.39, 0.29) is 18.6 Å². The summed E-state index contributed by atoms with van der Waals surface area (Å²) >= 11 is 1.49. The first kappa shape index (κ1) is 18.1. The molecule has 7 heteroatoms. The van der Waals surface area contributed by atoms with Crippen molar-refractivity contribution in [1.29, 1.82) is 0 Å². The van der Waals surface area contributed by atoms with Crippen molar-refractivity contribution in [2.45, 2.75) is 25.6 Å². The maximum atomic E-state index is 12.8. The quantitative estimate of drug-likeness (QED) is 0.816. The maximum absolute atomic E-state index is 12.8. The molecule has 0 aromatic carbocycles. The molecule has 3 rings (SSSR count). The van der Waals surface area contributed by atoms with Crippen LogP contribution >= 0.6 is 11.3 Å². The van der Waals surface area contributed by atoms with E-state index in [1.54, 1.807) is 19.6 Å². The molecule has 0 unspecified atom stereocenters. The van der Waals surface area contributed by atoms with Gasteiger partial charge in [0.1, 0.15) is 0 Å². The Bertz CT molecular complexity index is 670. The van der Waals surface area contributed by atoms with Crippen molar-refractivity contribution in [2.24, 2.45) is 0 Å². The van der Waals surface area contributed by atoms with E-state index in [1.165, 1.54) is 11.3 Å². The number of furan rings is 1. The topological polar surface area (TPSA) is 66.2 Å². The molecular weight excluding hydrogens is 340 g/mol. The number of hydrogen-bond acceptors (Lipinski definition) is 6. The SMILES string of the molecule is COCc1ccc(C(=O)N2CCN(Cc3ccoc3)[C@H](CCO)C2)s1. The first-order valence-corrected chi connectivity index (χ1v) is 9.26. The minimum Gasteiger partial charge on any atom is -0.472 e. The maximum Gasteiger partial charge on any atom is 0.264 e. The number of ether oxygens (including phenoxy) is 1. The van der Waals surface area contributed by atoms with Crippen LogP contribution in [-0.2, 0) is 17.9 Å². The van der Waals surface area contributed by atoms with Gasteiger partial charge in [0.25, 0.3) is 5.91 Å². The lowest BCUT2D eigenvalue weighted by Crippen LogP contribution is -2.54. The molecule has 6 nitrogen and oxygen atoms in total. The van der Waals surface area contributed by atoms with Crippen molar-refractivity contribution in [3.8, 4) is 0 Å². The normalized spacial score (nSPS) is 18.6. The average Bonchev–Trinajstić information content (AvgIpc) is 3.28. The van der Waals surface area contributed by atoms with E-state index in [2.05, 4.69) is 4.90 Å². The standard InChI is InChI=1S/C18H24N2O4S/c1-23-13-16-2-3-17(25-16)18(22)20-7-6-19(15(11-20)4-8-21)10-14-5-9-24-12-14/h2-3,5,9,12,15,21H,4,6-8,10-11,13H2,1H3/t15-/m1/s1. The number of amides is 1. The predicted molar refractivity (Wildman–Crippen MR) is 95.5 cm³/mol. The smallest absolute Gasteiger partial charge is 0.264 e. The molecule has 1 atom stereocenters. The lowest BCUT2D eigenvalue weighted by molar-refractivity contribution is 0.0398. The van der Waals surface area contributed by atoms with Gasteiger partial charge in [0.15, 0.2) is 0 Å². The highest BCUT2D eigenvalue weighted by Crippen LogP contribution is 2.22. The lowest BCUT2D eigenvalue weighted by Gasteiger charge is -2.41. The van der Waals surface area contributed by atoms with Crippen LogP contribution in [0.5, 0.6) is 0 Å². The fraction of sp³-hybridized carbons (Fsp3) is 0.500. The highest BCUT2D eigenvalue weighted by molar-refractivity contribution is 7.14. The predicted octanol–water partition coefficient (Wildman–Crippen LogP) is 2.20. The summed E-state index contributed by atoms with van der Waals surface area (Å²) in [5.74, 6) is 0.0678. The molecule has 1 amide bonds. The number of methoxy groups -OCH3 is 1. The van der Waals surface area contributed by atoms with E-state index in [1.807, 2.05) is 23.1 Å². The zero-order chi connectivity index (χ0) is 17.6. The Morgan fingerprint density at radius 1 is 1.40 bits per heavy atom. The van der Waals surface area contributed by atoms with Crippen molar-refractivity contribution >= 4 is 17.2 Å². The molecule has 136 valence electrons. The van der Waals surface area contributed by atoms with Gasteiger partial charge < -0.3 is 19.2 Å². The summed E-state index contributed by atoms with van der Waals surface area (Å²) in [4.78, 5) is 18.8. The molecule has 1 aliphatic rings. The van der Waals surface area contributed by atoms with Gasteiger partial charge in [0.2, 0.25) is 0 Å². The van der Waals surface area contributed by atoms with Crippen LogP contribution in [0.4, 0.5) is 0 Å². The molecule has 0 radical (unpaired) electrons. The molecule has 2 aromatic heterocycles. The Morgan fingerprint density at radius 3 is 3.00 bits per heavy atom. The Labute approximate surface area is 151 Å². The molecule has 0 saturated carbocycles. The number of nitrogens with zero attached hydrogens (tertiary/aromatic N) is 2. The number of thiophene rings is 1. The molecule has 0 spiro atoms. The van der Waals surface area contributed by atoms with Crippen molar-refractivity contribution in [1.82, 2.24) is 9.80 Å². The number of hydrogen-bond donors (Lipinski definition) is 1. The second-order valence-corrected chi connectivity index (χ2v) is 7.39. The molecule has 1 fully saturated rings. The van der Waals surface area contributed by atoms with Crippen LogP contribution in [-0.4, -0.2) is 60.2 Å². The molecule has 1 N–H and O–H groups in total. The first-order chi connectivity index (χ1) is 12.2. The number of carbonyl (C=O) groups is 1. The van der Waals surface area contributed by atoms with Crippen LogP contribution in [0.15, 0.2) is 35.1 Å². The van der Waals surface area contributed by atoms with Crippen LogP contribution in [0.3, 0.4) is 0 Å². The van der Waals surface area contributed by atoms with E-state index >= 15 is 0 Å². The third-order valence-electron chi connectivity index (χ3n) is 4.48. The monoisotopic (exact) mass is 364 g/mol. The van der Waals surface area contributed by atoms with Crippen LogP contribution < -0.4 is 0 Å². The van der Waals surface area contributed by atoms with Gasteiger partial charge in [-0.05, 0) is 24.6 Å². The van der Waals surface area contributed by atoms with E-state index in [4.69, 9.17) is 9.15 Å². The highest BCUT2D eigenvalue weighted by Gasteiger charge is 2.30. The molecule has 1 saturated heterocycles. The largest absolute Gasteiger partial charge is 0.472 e. The third-order valence-corrected chi connectivity index (χ3v) is 5.53. The van der Waals surface area contributed by atoms with Crippen LogP contribution in [0.2, 0.25) is 0 Å². The summed E-state index contributed by atoms with van der Waals surface area (Å²) in [5.41, 5.74) is 1.12. The molecule has 1 aliphatic heterocycles. The zero-order valence-electron chi connectivity index (χ0n) is 14.4. The van der Waals surface area contributed by atoms with Crippen LogP contribution in [0.25, 0.3) is 0 Å². The minimum absolute atomic E-state index is 0.0678. The van der Waals surface area contributed by atoms with Gasteiger partial charge in [0, 0.05) is 56.4 Å². The average molecular weight is 364 g/mol. The molecule has 3 heterocycles. The van der Waals surface area contributed by atoms with Gasteiger partial charge in [0.05, 0.1) is 24.0 Å². The number of carbonyl (C=O) groups excluding carboxylic acids is 1. The first-order valence-electron chi connectivity index (χ1n) is 8.44. The molecule has 0 bridgehead atoms. The number of aliphatic hydroxyl groups excluding tert-OH is 1. The van der Waals surface area contributed by atoms with Crippen molar-refractivity contribution in [3.05, 3.63) is 46.0 Å².